The second-order valence-corrected chi connectivity index (χ2v) is 5.37. The Hall–Kier alpha value is -1.46. The van der Waals surface area contributed by atoms with Crippen LogP contribution in [0.1, 0.15) is 24.1 Å². The molecule has 2 aromatic rings. The molecule has 0 aromatic heterocycles. The zero-order valence-electron chi connectivity index (χ0n) is 11.8. The molecule has 0 radical (unpaired) electrons. The topological polar surface area (TPSA) is 21.3 Å². The maximum absolute atomic E-state index is 14.1. The zero-order valence-corrected chi connectivity index (χ0v) is 13.4. The van der Waals surface area contributed by atoms with Gasteiger partial charge >= 0.3 is 0 Å². The van der Waals surface area contributed by atoms with Crippen LogP contribution < -0.4 is 10.1 Å². The third-order valence-corrected chi connectivity index (χ3v) is 3.82. The summed E-state index contributed by atoms with van der Waals surface area (Å²) in [5.74, 6) is -0.352. The number of nitrogens with one attached hydrogen (secondary N) is 1. The smallest absolute Gasteiger partial charge is 0.141 e. The van der Waals surface area contributed by atoms with Crippen LogP contribution in [0.15, 0.2) is 40.9 Å². The van der Waals surface area contributed by atoms with Crippen LogP contribution in [0.2, 0.25) is 0 Å². The number of hydrogen-bond acceptors (Lipinski definition) is 2. The van der Waals surface area contributed by atoms with Crippen LogP contribution in [0, 0.1) is 11.6 Å². The van der Waals surface area contributed by atoms with E-state index in [4.69, 9.17) is 4.74 Å². The molecule has 2 aromatic carbocycles. The monoisotopic (exact) mass is 355 g/mol. The first-order valence-electron chi connectivity index (χ1n) is 6.59. The number of methoxy groups -OCH3 is 1. The minimum Gasteiger partial charge on any atom is -0.496 e. The van der Waals surface area contributed by atoms with Gasteiger partial charge in [-0.1, -0.05) is 25.1 Å². The Morgan fingerprint density at radius 3 is 2.48 bits per heavy atom. The van der Waals surface area contributed by atoms with Gasteiger partial charge in [0.1, 0.15) is 17.4 Å². The van der Waals surface area contributed by atoms with Crippen LogP contribution in [0.25, 0.3) is 0 Å². The van der Waals surface area contributed by atoms with E-state index < -0.39 is 11.9 Å². The number of hydrogen-bond donors (Lipinski definition) is 1. The SMILES string of the molecule is CCNC(c1ccccc1F)c1cc(Br)c(F)cc1OC. The molecule has 0 aliphatic heterocycles. The molecular weight excluding hydrogens is 340 g/mol. The fourth-order valence-corrected chi connectivity index (χ4v) is 2.61. The fourth-order valence-electron chi connectivity index (χ4n) is 2.25. The van der Waals surface area contributed by atoms with Gasteiger partial charge < -0.3 is 10.1 Å². The lowest BCUT2D eigenvalue weighted by molar-refractivity contribution is 0.399. The van der Waals surface area contributed by atoms with Gasteiger partial charge in [0.25, 0.3) is 0 Å². The Morgan fingerprint density at radius 1 is 1.14 bits per heavy atom. The molecule has 0 aliphatic carbocycles. The highest BCUT2D eigenvalue weighted by Crippen LogP contribution is 2.34. The van der Waals surface area contributed by atoms with Crippen LogP contribution in [0.4, 0.5) is 8.78 Å². The average Bonchev–Trinajstić information content (AvgIpc) is 2.48. The van der Waals surface area contributed by atoms with Gasteiger partial charge in [-0.25, -0.2) is 8.78 Å². The molecule has 1 atom stereocenters. The van der Waals surface area contributed by atoms with Crippen LogP contribution in [-0.4, -0.2) is 13.7 Å². The Morgan fingerprint density at radius 2 is 1.86 bits per heavy atom. The van der Waals surface area contributed by atoms with Crippen molar-refractivity contribution in [3.05, 3.63) is 63.6 Å². The first kappa shape index (κ1) is 15.9. The molecule has 0 amide bonds. The maximum atomic E-state index is 14.1. The lowest BCUT2D eigenvalue weighted by atomic mass is 9.97. The van der Waals surface area contributed by atoms with E-state index in [2.05, 4.69) is 21.2 Å². The Labute approximate surface area is 131 Å². The van der Waals surface area contributed by atoms with Gasteiger partial charge in [-0.3, -0.25) is 0 Å². The molecule has 0 bridgehead atoms. The number of benzene rings is 2. The van der Waals surface area contributed by atoms with Gasteiger partial charge in [-0.15, -0.1) is 0 Å². The summed E-state index contributed by atoms with van der Waals surface area (Å²) in [5, 5.41) is 3.21. The summed E-state index contributed by atoms with van der Waals surface area (Å²) < 4.78 is 33.3. The number of rotatable bonds is 5. The normalized spacial score (nSPS) is 12.2. The molecule has 21 heavy (non-hydrogen) atoms. The Bertz CT molecular complexity index is 634. The highest BCUT2D eigenvalue weighted by Gasteiger charge is 2.22. The lowest BCUT2D eigenvalue weighted by Gasteiger charge is -2.22. The molecule has 5 heteroatoms. The summed E-state index contributed by atoms with van der Waals surface area (Å²) in [5.41, 5.74) is 1.17. The van der Waals surface area contributed by atoms with E-state index in [-0.39, 0.29) is 5.82 Å². The van der Waals surface area contributed by atoms with E-state index in [1.54, 1.807) is 24.3 Å². The standard InChI is InChI=1S/C16H16BrF2NO/c1-3-20-16(10-6-4-5-7-13(10)18)11-8-12(17)14(19)9-15(11)21-2/h4-9,16,20H,3H2,1-2H3. The summed E-state index contributed by atoms with van der Waals surface area (Å²) in [6.07, 6.45) is 0. The molecule has 0 saturated heterocycles. The van der Waals surface area contributed by atoms with Gasteiger partial charge in [0.15, 0.2) is 0 Å². The first-order valence-corrected chi connectivity index (χ1v) is 7.38. The van der Waals surface area contributed by atoms with Gasteiger partial charge in [-0.05, 0) is 34.6 Å². The minimum absolute atomic E-state index is 0.314. The van der Waals surface area contributed by atoms with Crippen molar-refractivity contribution < 1.29 is 13.5 Å². The summed E-state index contributed by atoms with van der Waals surface area (Å²) >= 11 is 3.17. The summed E-state index contributed by atoms with van der Waals surface area (Å²) in [7, 11) is 1.47. The molecular formula is C16H16BrF2NO. The summed E-state index contributed by atoms with van der Waals surface area (Å²) in [4.78, 5) is 0. The van der Waals surface area contributed by atoms with Crippen molar-refractivity contribution in [2.45, 2.75) is 13.0 Å². The van der Waals surface area contributed by atoms with Gasteiger partial charge in [0.2, 0.25) is 0 Å². The van der Waals surface area contributed by atoms with Crippen molar-refractivity contribution in [1.29, 1.82) is 0 Å². The molecule has 1 N–H and O–H groups in total. The number of halogens is 3. The van der Waals surface area contributed by atoms with E-state index in [0.717, 1.165) is 0 Å². The van der Waals surface area contributed by atoms with Crippen molar-refractivity contribution in [3.8, 4) is 5.75 Å². The molecule has 112 valence electrons. The van der Waals surface area contributed by atoms with Crippen molar-refractivity contribution in [3.63, 3.8) is 0 Å². The van der Waals surface area contributed by atoms with Crippen molar-refractivity contribution in [1.82, 2.24) is 5.32 Å². The fraction of sp³-hybridized carbons (Fsp3) is 0.250. The van der Waals surface area contributed by atoms with E-state index in [1.165, 1.54) is 19.2 Å². The third-order valence-electron chi connectivity index (χ3n) is 3.21. The molecule has 2 rings (SSSR count). The quantitative estimate of drug-likeness (QED) is 0.856. The molecule has 0 aliphatic rings. The molecule has 1 unspecified atom stereocenters. The minimum atomic E-state index is -0.417. The average molecular weight is 356 g/mol. The lowest BCUT2D eigenvalue weighted by Crippen LogP contribution is -2.23. The molecule has 0 spiro atoms. The predicted molar refractivity (Wildman–Crippen MR) is 82.6 cm³/mol. The molecule has 2 nitrogen and oxygen atoms in total. The summed E-state index contributed by atoms with van der Waals surface area (Å²) in [6.45, 7) is 2.57. The molecule has 0 saturated carbocycles. The molecule has 0 heterocycles. The largest absolute Gasteiger partial charge is 0.496 e. The van der Waals surface area contributed by atoms with E-state index in [1.807, 2.05) is 6.92 Å². The van der Waals surface area contributed by atoms with E-state index in [9.17, 15) is 8.78 Å². The summed E-state index contributed by atoms with van der Waals surface area (Å²) in [6, 6.07) is 9.03. The van der Waals surface area contributed by atoms with Gasteiger partial charge in [-0.2, -0.15) is 0 Å². The second kappa shape index (κ2) is 7.00. The third kappa shape index (κ3) is 3.41. The van der Waals surface area contributed by atoms with Crippen LogP contribution in [0.3, 0.4) is 0 Å². The highest BCUT2D eigenvalue weighted by atomic mass is 79.9. The van der Waals surface area contributed by atoms with Crippen molar-refractivity contribution in [2.75, 3.05) is 13.7 Å². The predicted octanol–water partition coefficient (Wildman–Crippen LogP) is 4.43. The van der Waals surface area contributed by atoms with Crippen molar-refractivity contribution in [2.24, 2.45) is 0 Å². The second-order valence-electron chi connectivity index (χ2n) is 4.52. The van der Waals surface area contributed by atoms with Crippen molar-refractivity contribution >= 4 is 15.9 Å². The number of ether oxygens (including phenoxy) is 1. The molecule has 0 fully saturated rings. The van der Waals surface area contributed by atoms with E-state index in [0.29, 0.717) is 27.9 Å². The first-order chi connectivity index (χ1) is 10.1. The Balaban J connectivity index is 2.58. The van der Waals surface area contributed by atoms with Gasteiger partial charge in [0, 0.05) is 17.2 Å². The zero-order chi connectivity index (χ0) is 15.4. The van der Waals surface area contributed by atoms with Crippen LogP contribution in [0.5, 0.6) is 5.75 Å². The maximum Gasteiger partial charge on any atom is 0.141 e. The van der Waals surface area contributed by atoms with E-state index >= 15 is 0 Å². The Kier molecular flexibility index (Phi) is 5.31. The van der Waals surface area contributed by atoms with Crippen LogP contribution >= 0.6 is 15.9 Å². The van der Waals surface area contributed by atoms with Crippen LogP contribution in [-0.2, 0) is 0 Å². The highest BCUT2D eigenvalue weighted by molar-refractivity contribution is 9.10. The van der Waals surface area contributed by atoms with Gasteiger partial charge in [0.05, 0.1) is 17.6 Å².